The molecule has 12 nitrogen and oxygen atoms in total. The van der Waals surface area contributed by atoms with Crippen molar-refractivity contribution in [1.29, 1.82) is 0 Å². The van der Waals surface area contributed by atoms with Gasteiger partial charge in [-0.3, -0.25) is 18.7 Å². The lowest BCUT2D eigenvalue weighted by molar-refractivity contribution is -0.145. The third kappa shape index (κ3) is 66.0. The molecule has 0 rings (SSSR count). The number of rotatable bonds is 42. The van der Waals surface area contributed by atoms with Crippen LogP contribution in [0.15, 0.2) is 0 Å². The zero-order valence-corrected chi connectivity index (χ0v) is 39.6. The van der Waals surface area contributed by atoms with Crippen LogP contribution in [-0.4, -0.2) is 116 Å². The van der Waals surface area contributed by atoms with E-state index in [0.717, 1.165) is 25.7 Å². The molecule has 4 N–H and O–H groups in total. The van der Waals surface area contributed by atoms with E-state index in [1.54, 1.807) is 0 Å². The Morgan fingerprint density at radius 2 is 0.610 bits per heavy atom. The number of hydrogen-bond donors (Lipinski definition) is 4. The van der Waals surface area contributed by atoms with Gasteiger partial charge in [-0.2, -0.15) is 8.42 Å². The summed E-state index contributed by atoms with van der Waals surface area (Å²) in [5, 5.41) is 17.6. The van der Waals surface area contributed by atoms with Crippen molar-refractivity contribution in [2.75, 3.05) is 66.7 Å². The Labute approximate surface area is 363 Å². The van der Waals surface area contributed by atoms with Gasteiger partial charge in [-0.15, -0.1) is 0 Å². The molecule has 0 aliphatic heterocycles. The highest BCUT2D eigenvalue weighted by molar-refractivity contribution is 7.79. The van der Waals surface area contributed by atoms with Crippen molar-refractivity contribution in [2.45, 2.75) is 219 Å². The lowest BCUT2D eigenvalue weighted by Crippen LogP contribution is -2.27. The molecule has 0 bridgehead atoms. The first-order chi connectivity index (χ1) is 28.4. The number of aliphatic hydroxyl groups excluding tert-OH is 2. The first-order valence-corrected chi connectivity index (χ1v) is 25.4. The van der Waals surface area contributed by atoms with Crippen molar-refractivity contribution < 1.29 is 46.8 Å². The number of aliphatic hydroxyl groups is 2. The molecule has 0 saturated heterocycles. The summed E-state index contributed by atoms with van der Waals surface area (Å²) >= 11 is 0. The van der Waals surface area contributed by atoms with E-state index >= 15 is 0 Å². The molecule has 59 heavy (non-hydrogen) atoms. The average molecular weight is 869 g/mol. The van der Waals surface area contributed by atoms with Gasteiger partial charge in [0, 0.05) is 39.0 Å². The Morgan fingerprint density at radius 3 is 0.814 bits per heavy atom. The molecule has 0 aliphatic carbocycles. The van der Waals surface area contributed by atoms with Crippen LogP contribution >= 0.6 is 0 Å². The van der Waals surface area contributed by atoms with Gasteiger partial charge in [0.1, 0.15) is 13.2 Å². The van der Waals surface area contributed by atoms with Gasteiger partial charge < -0.3 is 29.5 Å². The molecule has 0 spiro atoms. The fourth-order valence-corrected chi connectivity index (χ4v) is 6.62. The summed E-state index contributed by atoms with van der Waals surface area (Å²) < 4.78 is 42.0. The molecule has 0 amide bonds. The second-order valence-corrected chi connectivity index (χ2v) is 17.2. The molecular weight excluding hydrogens is 773 g/mol. The predicted molar refractivity (Wildman–Crippen MR) is 244 cm³/mol. The van der Waals surface area contributed by atoms with E-state index in [2.05, 4.69) is 13.8 Å². The molecule has 0 aliphatic rings. The van der Waals surface area contributed by atoms with Gasteiger partial charge >= 0.3 is 22.3 Å². The maximum absolute atomic E-state index is 11.6. The zero-order chi connectivity index (χ0) is 44.5. The Bertz CT molecular complexity index is 890. The number of esters is 2. The Morgan fingerprint density at radius 1 is 0.407 bits per heavy atom. The minimum Gasteiger partial charge on any atom is -0.464 e. The fraction of sp³-hybridized carbons (Fsp3) is 0.957. The van der Waals surface area contributed by atoms with Crippen LogP contribution < -0.4 is 0 Å². The van der Waals surface area contributed by atoms with Crippen LogP contribution in [0.3, 0.4) is 0 Å². The van der Waals surface area contributed by atoms with Crippen LogP contribution in [0, 0.1) is 0 Å². The van der Waals surface area contributed by atoms with Crippen LogP contribution in [0.5, 0.6) is 0 Å². The van der Waals surface area contributed by atoms with Crippen molar-refractivity contribution >= 4 is 22.3 Å². The van der Waals surface area contributed by atoms with Gasteiger partial charge in [0.05, 0.1) is 13.2 Å². The van der Waals surface area contributed by atoms with Crippen molar-refractivity contribution in [3.05, 3.63) is 0 Å². The quantitative estimate of drug-likeness (QED) is 0.0260. The molecule has 0 atom stereocenters. The molecule has 0 aromatic rings. The van der Waals surface area contributed by atoms with Gasteiger partial charge in [0.2, 0.25) is 0 Å². The third-order valence-corrected chi connectivity index (χ3v) is 10.4. The number of carbonyl (C=O) groups excluding carboxylic acids is 2. The van der Waals surface area contributed by atoms with Crippen LogP contribution in [0.1, 0.15) is 219 Å². The van der Waals surface area contributed by atoms with E-state index in [-0.39, 0.29) is 25.2 Å². The summed E-state index contributed by atoms with van der Waals surface area (Å²) in [6.07, 6.45) is 41.2. The predicted octanol–water partition coefficient (Wildman–Crippen LogP) is 10.8. The van der Waals surface area contributed by atoms with Gasteiger partial charge in [0.15, 0.2) is 0 Å². The van der Waals surface area contributed by atoms with Crippen LogP contribution in [0.25, 0.3) is 0 Å². The maximum atomic E-state index is 11.6. The normalized spacial score (nSPS) is 11.3. The molecule has 13 heteroatoms. The number of nitrogens with zero attached hydrogens (tertiary/aromatic N) is 2. The SMILES string of the molecule is CCCCCCCCCCCCCCCCCC(=O)OCCN(C)CCO.CCCCCCCCCCCCCCCCCC(=O)OCCN(C)CCO.O=S(=O)(O)O. The van der Waals surface area contributed by atoms with Crippen molar-refractivity contribution in [1.82, 2.24) is 9.80 Å². The van der Waals surface area contributed by atoms with Crippen molar-refractivity contribution in [3.63, 3.8) is 0 Å². The smallest absolute Gasteiger partial charge is 0.394 e. The number of likely N-dealkylation sites (N-methyl/N-ethyl adjacent to an activating group) is 2. The summed E-state index contributed by atoms with van der Waals surface area (Å²) in [7, 11) is -0.836. The summed E-state index contributed by atoms with van der Waals surface area (Å²) in [6, 6.07) is 0. The molecule has 0 heterocycles. The van der Waals surface area contributed by atoms with Crippen molar-refractivity contribution in [3.8, 4) is 0 Å². The molecule has 0 aromatic heterocycles. The summed E-state index contributed by atoms with van der Waals surface area (Å²) in [6.45, 7) is 8.30. The maximum Gasteiger partial charge on any atom is 0.394 e. The Balaban J connectivity index is -0.000000951. The van der Waals surface area contributed by atoms with Gasteiger partial charge in [-0.25, -0.2) is 0 Å². The summed E-state index contributed by atoms with van der Waals surface area (Å²) in [5.74, 6) is -0.163. The monoisotopic (exact) mass is 869 g/mol. The van der Waals surface area contributed by atoms with Crippen LogP contribution in [0.4, 0.5) is 0 Å². The largest absolute Gasteiger partial charge is 0.464 e. The Hall–Kier alpha value is -1.35. The highest BCUT2D eigenvalue weighted by atomic mass is 32.3. The van der Waals surface area contributed by atoms with E-state index < -0.39 is 10.4 Å². The standard InChI is InChI=1S/2C23H47NO3.H2O4S/c2*1-3-4-5-6-7-8-9-10-11-12-13-14-15-16-17-18-23(26)27-22-20-24(2)19-21-25;1-5(2,3)4/h2*25H,3-22H2,1-2H3;(H2,1,2,3,4). The van der Waals surface area contributed by atoms with Crippen LogP contribution in [-0.2, 0) is 29.5 Å². The molecule has 0 unspecified atom stereocenters. The van der Waals surface area contributed by atoms with E-state index in [4.69, 9.17) is 37.2 Å². The molecular formula is C46H96N2O10S. The highest BCUT2D eigenvalue weighted by Crippen LogP contribution is 2.15. The minimum atomic E-state index is -4.67. The van der Waals surface area contributed by atoms with E-state index in [0.29, 0.717) is 52.2 Å². The lowest BCUT2D eigenvalue weighted by atomic mass is 10.0. The Kier molecular flexibility index (Phi) is 53.6. The fourth-order valence-electron chi connectivity index (χ4n) is 6.62. The first-order valence-electron chi connectivity index (χ1n) is 24.0. The number of ether oxygens (including phenoxy) is 2. The summed E-state index contributed by atoms with van der Waals surface area (Å²) in [4.78, 5) is 27.2. The zero-order valence-electron chi connectivity index (χ0n) is 38.8. The van der Waals surface area contributed by atoms with Gasteiger partial charge in [-0.05, 0) is 26.9 Å². The van der Waals surface area contributed by atoms with Crippen LogP contribution in [0.2, 0.25) is 0 Å². The average Bonchev–Trinajstić information content (AvgIpc) is 3.17. The molecule has 0 aromatic carbocycles. The molecule has 0 saturated carbocycles. The molecule has 356 valence electrons. The van der Waals surface area contributed by atoms with Gasteiger partial charge in [0.25, 0.3) is 0 Å². The molecule has 0 fully saturated rings. The van der Waals surface area contributed by atoms with Crippen molar-refractivity contribution in [2.24, 2.45) is 0 Å². The second kappa shape index (κ2) is 51.0. The topological polar surface area (TPSA) is 174 Å². The van der Waals surface area contributed by atoms with Gasteiger partial charge in [-0.1, -0.05) is 194 Å². The highest BCUT2D eigenvalue weighted by Gasteiger charge is 2.06. The van der Waals surface area contributed by atoms with E-state index in [1.165, 1.54) is 167 Å². The number of unbranched alkanes of at least 4 members (excludes halogenated alkanes) is 28. The van der Waals surface area contributed by atoms with E-state index in [1.807, 2.05) is 23.9 Å². The number of hydrogen-bond acceptors (Lipinski definition) is 10. The molecule has 0 radical (unpaired) electrons. The lowest BCUT2D eigenvalue weighted by Gasteiger charge is -2.14. The minimum absolute atomic E-state index is 0.0814. The summed E-state index contributed by atoms with van der Waals surface area (Å²) in [5.41, 5.74) is 0. The first kappa shape index (κ1) is 61.9. The van der Waals surface area contributed by atoms with E-state index in [9.17, 15) is 9.59 Å². The number of carbonyl (C=O) groups is 2. The second-order valence-electron chi connectivity index (χ2n) is 16.3. The third-order valence-electron chi connectivity index (χ3n) is 10.4.